The van der Waals surface area contributed by atoms with Crippen LogP contribution in [-0.2, 0) is 44.0 Å². The van der Waals surface area contributed by atoms with E-state index in [2.05, 4.69) is 20.6 Å². The Kier molecular flexibility index (Phi) is 10.8. The highest BCUT2D eigenvalue weighted by Gasteiger charge is 2.22. The van der Waals surface area contributed by atoms with Crippen LogP contribution in [0.25, 0.3) is 0 Å². The monoisotopic (exact) mass is 776 g/mol. The van der Waals surface area contributed by atoms with Crippen LogP contribution in [0.3, 0.4) is 0 Å². The fourth-order valence-electron chi connectivity index (χ4n) is 6.38. The number of amides is 2. The zero-order valence-corrected chi connectivity index (χ0v) is 31.4. The number of carbonyl (C=O) groups excluding carboxylic acids is 4. The van der Waals surface area contributed by atoms with Crippen molar-refractivity contribution in [3.8, 4) is 0 Å². The van der Waals surface area contributed by atoms with Crippen molar-refractivity contribution in [3.05, 3.63) is 176 Å². The zero-order chi connectivity index (χ0) is 39.1. The van der Waals surface area contributed by atoms with Crippen LogP contribution in [0.1, 0.15) is 74.3 Å². The highest BCUT2D eigenvalue weighted by atomic mass is 32.1. The van der Waals surface area contributed by atoms with Crippen molar-refractivity contribution in [2.24, 2.45) is 9.98 Å². The minimum Gasteiger partial charge on any atom is -0.433 e. The third-order valence-electron chi connectivity index (χ3n) is 9.37. The van der Waals surface area contributed by atoms with Crippen LogP contribution in [0.15, 0.2) is 136 Å². The summed E-state index contributed by atoms with van der Waals surface area (Å²) in [6.45, 7) is 2.96. The number of hydrogen-bond acceptors (Lipinski definition) is 11. The topological polar surface area (TPSA) is 146 Å². The Morgan fingerprint density at radius 3 is 1.72 bits per heavy atom. The standard InChI is InChI=1S/C44H36N6O6S/c51-39(45-21-29-7-3-1-4-8-29)37-19-35-25-49(27-47-41(35)55-37)23-31-11-15-33(16-12-31)43(53)56-44(54)34-17-13-32(14-18-34)24-50-26-36-20-38(57-42(36)48-28-50)40(52)46-22-30-9-5-2-6-10-30/h1-20,27-28H,21-26H2,(H,45,51)(H,46,52). The Labute approximate surface area is 332 Å². The summed E-state index contributed by atoms with van der Waals surface area (Å²) in [5.74, 6) is -1.33. The highest BCUT2D eigenvalue weighted by Crippen LogP contribution is 2.34. The molecule has 12 nitrogen and oxygen atoms in total. The molecule has 8 rings (SSSR count). The van der Waals surface area contributed by atoms with Gasteiger partial charge in [0.05, 0.1) is 28.7 Å². The molecule has 284 valence electrons. The number of aliphatic imine (C=N–C) groups is 2. The number of thiophene rings is 1. The number of nitrogens with zero attached hydrogens (tertiary/aromatic N) is 4. The molecule has 0 saturated carbocycles. The van der Waals surface area contributed by atoms with Crippen molar-refractivity contribution in [3.63, 3.8) is 0 Å². The summed E-state index contributed by atoms with van der Waals surface area (Å²) >= 11 is 1.37. The smallest absolute Gasteiger partial charge is 0.346 e. The molecule has 0 radical (unpaired) electrons. The zero-order valence-electron chi connectivity index (χ0n) is 30.6. The Morgan fingerprint density at radius 1 is 0.614 bits per heavy atom. The summed E-state index contributed by atoms with van der Waals surface area (Å²) < 4.78 is 10.9. The van der Waals surface area contributed by atoms with E-state index < -0.39 is 11.9 Å². The first-order chi connectivity index (χ1) is 27.8. The van der Waals surface area contributed by atoms with E-state index in [0.29, 0.717) is 50.0 Å². The molecule has 2 N–H and O–H groups in total. The number of ether oxygens (including phenoxy) is 1. The van der Waals surface area contributed by atoms with Gasteiger partial charge < -0.3 is 29.6 Å². The second-order valence-corrected chi connectivity index (χ2v) is 14.6. The average molecular weight is 777 g/mol. The molecule has 2 aliphatic rings. The third-order valence-corrected chi connectivity index (χ3v) is 10.5. The van der Waals surface area contributed by atoms with E-state index in [9.17, 15) is 19.2 Å². The second-order valence-electron chi connectivity index (χ2n) is 13.6. The van der Waals surface area contributed by atoms with Gasteiger partial charge in [-0.2, -0.15) is 0 Å². The fraction of sp³-hybridized carbons (Fsp3) is 0.136. The Morgan fingerprint density at radius 2 is 1.14 bits per heavy atom. The largest absolute Gasteiger partial charge is 0.433 e. The van der Waals surface area contributed by atoms with Crippen LogP contribution in [0.5, 0.6) is 0 Å². The second kappa shape index (κ2) is 16.7. The highest BCUT2D eigenvalue weighted by molar-refractivity contribution is 7.17. The van der Waals surface area contributed by atoms with Crippen LogP contribution in [-0.4, -0.2) is 46.2 Å². The normalized spacial score (nSPS) is 12.8. The molecular weight excluding hydrogens is 741 g/mol. The molecule has 6 aromatic rings. The quantitative estimate of drug-likeness (QED) is 0.0958. The van der Waals surface area contributed by atoms with Crippen LogP contribution >= 0.6 is 11.3 Å². The number of benzene rings is 4. The molecule has 4 aromatic carbocycles. The fourth-order valence-corrected chi connectivity index (χ4v) is 7.31. The lowest BCUT2D eigenvalue weighted by molar-refractivity contribution is 0.0397. The van der Waals surface area contributed by atoms with Gasteiger partial charge in [-0.25, -0.2) is 19.6 Å². The molecule has 0 aliphatic carbocycles. The Balaban J connectivity index is 0.787. The molecule has 0 saturated heterocycles. The number of esters is 2. The molecule has 57 heavy (non-hydrogen) atoms. The minimum atomic E-state index is -0.750. The van der Waals surface area contributed by atoms with Gasteiger partial charge in [-0.1, -0.05) is 84.9 Å². The number of furan rings is 1. The van der Waals surface area contributed by atoms with E-state index in [0.717, 1.165) is 38.4 Å². The van der Waals surface area contributed by atoms with Gasteiger partial charge in [0.2, 0.25) is 5.88 Å². The van der Waals surface area contributed by atoms with Gasteiger partial charge in [0.15, 0.2) is 5.76 Å². The van der Waals surface area contributed by atoms with E-state index in [-0.39, 0.29) is 28.7 Å². The van der Waals surface area contributed by atoms with Crippen molar-refractivity contribution in [1.29, 1.82) is 0 Å². The van der Waals surface area contributed by atoms with E-state index in [1.807, 2.05) is 88.7 Å². The van der Waals surface area contributed by atoms with Crippen molar-refractivity contribution in [2.75, 3.05) is 0 Å². The molecule has 2 amide bonds. The van der Waals surface area contributed by atoms with Gasteiger partial charge in [-0.15, -0.1) is 11.3 Å². The van der Waals surface area contributed by atoms with Gasteiger partial charge >= 0.3 is 11.9 Å². The maximum atomic E-state index is 12.9. The Bertz CT molecular complexity index is 2300. The maximum absolute atomic E-state index is 12.9. The molecule has 4 heterocycles. The predicted octanol–water partition coefficient (Wildman–Crippen LogP) is 7.55. The lowest BCUT2D eigenvalue weighted by atomic mass is 10.1. The first kappa shape index (κ1) is 36.8. The number of hydrogen-bond donors (Lipinski definition) is 2. The maximum Gasteiger partial charge on any atom is 0.346 e. The van der Waals surface area contributed by atoms with Crippen LogP contribution in [0, 0.1) is 0 Å². The lowest BCUT2D eigenvalue weighted by Crippen LogP contribution is -2.23. The minimum absolute atomic E-state index is 0.130. The van der Waals surface area contributed by atoms with Crippen molar-refractivity contribution < 1.29 is 28.3 Å². The number of rotatable bonds is 12. The molecule has 13 heteroatoms. The van der Waals surface area contributed by atoms with Gasteiger partial charge in [0, 0.05) is 50.4 Å². The van der Waals surface area contributed by atoms with Crippen LogP contribution in [0.2, 0.25) is 0 Å². The van der Waals surface area contributed by atoms with E-state index >= 15 is 0 Å². The predicted molar refractivity (Wildman–Crippen MR) is 216 cm³/mol. The lowest BCUT2D eigenvalue weighted by Gasteiger charge is -2.22. The summed E-state index contributed by atoms with van der Waals surface area (Å²) in [5, 5.41) is 6.65. The van der Waals surface area contributed by atoms with Gasteiger partial charge in [-0.3, -0.25) is 9.59 Å². The summed E-state index contributed by atoms with van der Waals surface area (Å²) in [6, 6.07) is 36.7. The third kappa shape index (κ3) is 9.06. The summed E-state index contributed by atoms with van der Waals surface area (Å²) in [5.41, 5.74) is 6.13. The van der Waals surface area contributed by atoms with E-state index in [1.165, 1.54) is 11.3 Å². The molecule has 0 fully saturated rings. The van der Waals surface area contributed by atoms with E-state index in [1.54, 1.807) is 55.1 Å². The number of fused-ring (bicyclic) bond motifs is 2. The van der Waals surface area contributed by atoms with Gasteiger partial charge in [0.25, 0.3) is 11.8 Å². The van der Waals surface area contributed by atoms with Crippen molar-refractivity contribution in [2.45, 2.75) is 39.3 Å². The van der Waals surface area contributed by atoms with Gasteiger partial charge in [0.1, 0.15) is 5.00 Å². The van der Waals surface area contributed by atoms with Crippen molar-refractivity contribution >= 4 is 58.7 Å². The van der Waals surface area contributed by atoms with Crippen LogP contribution < -0.4 is 10.6 Å². The number of nitrogens with one attached hydrogen (secondary N) is 2. The van der Waals surface area contributed by atoms with E-state index in [4.69, 9.17) is 9.15 Å². The Hall–Kier alpha value is -7.12. The van der Waals surface area contributed by atoms with Crippen molar-refractivity contribution in [1.82, 2.24) is 20.4 Å². The molecule has 0 atom stereocenters. The number of carbonyl (C=O) groups is 4. The molecule has 2 aromatic heterocycles. The molecule has 0 bridgehead atoms. The molecule has 2 aliphatic heterocycles. The summed E-state index contributed by atoms with van der Waals surface area (Å²) in [6.07, 6.45) is 3.42. The summed E-state index contributed by atoms with van der Waals surface area (Å²) in [4.78, 5) is 64.7. The first-order valence-electron chi connectivity index (χ1n) is 18.2. The molecule has 0 spiro atoms. The molecular formula is C44H36N6O6S. The summed E-state index contributed by atoms with van der Waals surface area (Å²) in [7, 11) is 0. The van der Waals surface area contributed by atoms with Gasteiger partial charge in [-0.05, 0) is 58.7 Å². The SMILES string of the molecule is O=C(OC(=O)c1ccc(CN2C=Nc3sc(C(=O)NCc4ccccc4)cc3C2)cc1)c1ccc(CN2C=Nc3oc(C(=O)NCc4ccccc4)cc3C2)cc1. The van der Waals surface area contributed by atoms with Crippen LogP contribution in [0.4, 0.5) is 10.9 Å². The first-order valence-corrected chi connectivity index (χ1v) is 19.0. The average Bonchev–Trinajstić information content (AvgIpc) is 3.88. The molecule has 0 unspecified atom stereocenters.